The van der Waals surface area contributed by atoms with Crippen LogP contribution in [-0.4, -0.2) is 46.3 Å². The van der Waals surface area contributed by atoms with Gasteiger partial charge in [-0.15, -0.1) is 23.1 Å². The first-order valence-electron chi connectivity index (χ1n) is 17.9. The molecule has 2 aliphatic heterocycles. The highest BCUT2D eigenvalue weighted by Crippen LogP contribution is 2.58. The number of carbonyl (C=O) groups excluding carboxylic acids is 3. The zero-order valence-corrected chi connectivity index (χ0v) is 31.8. The van der Waals surface area contributed by atoms with Crippen LogP contribution in [0, 0.1) is 0 Å². The number of fused-ring (bicyclic) bond motifs is 1. The number of β-lactam (4-membered cyclic amide) rings is 1. The molecule has 1 unspecified atom stereocenters. The van der Waals surface area contributed by atoms with E-state index < -0.39 is 36.8 Å². The van der Waals surface area contributed by atoms with Crippen LogP contribution in [0.5, 0.6) is 0 Å². The molecular formula is C45H38N2O4PS2+. The fourth-order valence-corrected chi connectivity index (χ4v) is 13.8. The highest BCUT2D eigenvalue weighted by Gasteiger charge is 2.58. The Morgan fingerprint density at radius 2 is 1.19 bits per heavy atom. The number of hydrogen-bond donors (Lipinski definition) is 1. The second kappa shape index (κ2) is 16.0. The summed E-state index contributed by atoms with van der Waals surface area (Å²) in [4.78, 5) is 45.0. The zero-order chi connectivity index (χ0) is 36.9. The molecule has 1 fully saturated rings. The highest BCUT2D eigenvalue weighted by atomic mass is 32.2. The molecule has 0 spiro atoms. The summed E-state index contributed by atoms with van der Waals surface area (Å²) >= 11 is 2.99. The molecule has 0 aliphatic carbocycles. The van der Waals surface area contributed by atoms with Crippen molar-refractivity contribution in [1.82, 2.24) is 10.2 Å². The van der Waals surface area contributed by atoms with E-state index in [1.807, 2.05) is 96.4 Å². The van der Waals surface area contributed by atoms with Crippen LogP contribution in [0.2, 0.25) is 0 Å². The molecule has 1 saturated heterocycles. The number of nitrogens with one attached hydrogen (secondary N) is 1. The number of ether oxygens (including phenoxy) is 1. The van der Waals surface area contributed by atoms with Crippen molar-refractivity contribution < 1.29 is 19.1 Å². The summed E-state index contributed by atoms with van der Waals surface area (Å²) in [5.74, 6) is -1.02. The first kappa shape index (κ1) is 35.7. The SMILES string of the molecule is O=C(Cc1cccs1)N[C@@H]1C(=O)N2C(C(=O)OC(c3ccccc3)c3ccccc3)C(C[P+](c3ccccc3)(c3ccccc3)c3ccccc3)=CS[C@H]12. The molecule has 54 heavy (non-hydrogen) atoms. The number of amides is 2. The number of rotatable bonds is 12. The largest absolute Gasteiger partial charge is 0.451 e. The van der Waals surface area contributed by atoms with Crippen LogP contribution in [0.3, 0.4) is 0 Å². The van der Waals surface area contributed by atoms with E-state index in [0.717, 1.165) is 21.6 Å². The smallest absolute Gasteiger partial charge is 0.334 e. The number of hydrogen-bond acceptors (Lipinski definition) is 6. The molecule has 1 aromatic heterocycles. The van der Waals surface area contributed by atoms with Crippen molar-refractivity contribution in [3.63, 3.8) is 0 Å². The monoisotopic (exact) mass is 765 g/mol. The van der Waals surface area contributed by atoms with Gasteiger partial charge in [0.2, 0.25) is 11.8 Å². The van der Waals surface area contributed by atoms with Crippen molar-refractivity contribution in [3.05, 3.63) is 196 Å². The lowest BCUT2D eigenvalue weighted by Gasteiger charge is -2.52. The summed E-state index contributed by atoms with van der Waals surface area (Å²) in [7, 11) is -2.46. The van der Waals surface area contributed by atoms with E-state index in [1.54, 1.807) is 4.90 Å². The predicted octanol–water partition coefficient (Wildman–Crippen LogP) is 7.27. The normalized spacial score (nSPS) is 17.9. The standard InChI is InChI=1S/C45H37N2O4PS2/c48-39(29-38-27-16-28-53-38)46-40-43(49)47-41(45(50)51-42(32-17-6-1-7-18-32)33-19-8-2-9-20-33)34(31-54-44(40)47)30-52(35-21-10-3-11-22-35,36-23-12-4-13-24-36)37-25-14-5-15-26-37/h1-28,31,40-42,44H,29-30H2/p+1/t40-,41?,44-/m1/s1. The lowest BCUT2D eigenvalue weighted by Crippen LogP contribution is -2.74. The molecule has 8 rings (SSSR count). The average molecular weight is 766 g/mol. The summed E-state index contributed by atoms with van der Waals surface area (Å²) in [5.41, 5.74) is 2.47. The van der Waals surface area contributed by atoms with E-state index in [2.05, 4.69) is 83.5 Å². The Balaban J connectivity index is 1.21. The van der Waals surface area contributed by atoms with Crippen molar-refractivity contribution in [1.29, 1.82) is 0 Å². The lowest BCUT2D eigenvalue weighted by atomic mass is 9.97. The van der Waals surface area contributed by atoms with E-state index in [4.69, 9.17) is 4.74 Å². The zero-order valence-electron chi connectivity index (χ0n) is 29.3. The van der Waals surface area contributed by atoms with Gasteiger partial charge >= 0.3 is 5.97 Å². The Morgan fingerprint density at radius 3 is 1.67 bits per heavy atom. The minimum atomic E-state index is -2.46. The minimum Gasteiger partial charge on any atom is -0.451 e. The maximum Gasteiger partial charge on any atom is 0.334 e. The fraction of sp³-hybridized carbons (Fsp3) is 0.133. The lowest BCUT2D eigenvalue weighted by molar-refractivity contribution is -0.165. The number of benzene rings is 5. The van der Waals surface area contributed by atoms with Crippen molar-refractivity contribution in [2.24, 2.45) is 0 Å². The van der Waals surface area contributed by atoms with Gasteiger partial charge in [-0.3, -0.25) is 9.59 Å². The second-order valence-electron chi connectivity index (χ2n) is 13.3. The van der Waals surface area contributed by atoms with Gasteiger partial charge in [-0.05, 0) is 64.4 Å². The quantitative estimate of drug-likeness (QED) is 0.0807. The first-order chi connectivity index (χ1) is 26.5. The van der Waals surface area contributed by atoms with Gasteiger partial charge < -0.3 is 15.0 Å². The van der Waals surface area contributed by atoms with Crippen LogP contribution in [0.15, 0.2) is 180 Å². The van der Waals surface area contributed by atoms with E-state index in [1.165, 1.54) is 39.0 Å². The van der Waals surface area contributed by atoms with Crippen molar-refractivity contribution >= 4 is 64.1 Å². The van der Waals surface area contributed by atoms with Gasteiger partial charge in [0.05, 0.1) is 12.6 Å². The van der Waals surface area contributed by atoms with E-state index in [-0.39, 0.29) is 18.2 Å². The summed E-state index contributed by atoms with van der Waals surface area (Å²) in [5, 5.41) is 10.0. The Morgan fingerprint density at radius 1 is 0.685 bits per heavy atom. The number of carbonyl (C=O) groups is 3. The molecule has 1 N–H and O–H groups in total. The third-order valence-electron chi connectivity index (χ3n) is 9.97. The molecule has 3 atom stereocenters. The van der Waals surface area contributed by atoms with Gasteiger partial charge in [-0.25, -0.2) is 4.79 Å². The molecule has 0 bridgehead atoms. The van der Waals surface area contributed by atoms with Gasteiger partial charge in [-0.2, -0.15) is 0 Å². The van der Waals surface area contributed by atoms with Gasteiger partial charge in [0.25, 0.3) is 0 Å². The Kier molecular flexibility index (Phi) is 10.6. The molecule has 5 aromatic carbocycles. The molecule has 2 amide bonds. The summed E-state index contributed by atoms with van der Waals surface area (Å²) < 4.78 is 6.55. The molecule has 9 heteroatoms. The summed E-state index contributed by atoms with van der Waals surface area (Å²) in [6, 6.07) is 52.9. The Bertz CT molecular complexity index is 2100. The maximum absolute atomic E-state index is 15.0. The number of nitrogens with zero attached hydrogens (tertiary/aromatic N) is 1. The van der Waals surface area contributed by atoms with Crippen LogP contribution in [0.25, 0.3) is 0 Å². The van der Waals surface area contributed by atoms with Crippen molar-refractivity contribution in [3.8, 4) is 0 Å². The van der Waals surface area contributed by atoms with Gasteiger partial charge in [0.1, 0.15) is 34.6 Å². The van der Waals surface area contributed by atoms with Crippen LogP contribution in [0.4, 0.5) is 0 Å². The summed E-state index contributed by atoms with van der Waals surface area (Å²) in [6.07, 6.45) is 0.00796. The van der Waals surface area contributed by atoms with Gasteiger partial charge in [0, 0.05) is 10.5 Å². The topological polar surface area (TPSA) is 75.7 Å². The molecule has 0 saturated carbocycles. The van der Waals surface area contributed by atoms with Crippen LogP contribution < -0.4 is 21.2 Å². The number of thioether (sulfide) groups is 1. The molecule has 6 nitrogen and oxygen atoms in total. The predicted molar refractivity (Wildman–Crippen MR) is 221 cm³/mol. The van der Waals surface area contributed by atoms with E-state index in [0.29, 0.717) is 6.16 Å². The Labute approximate surface area is 324 Å². The van der Waals surface area contributed by atoms with Gasteiger partial charge in [-0.1, -0.05) is 121 Å². The van der Waals surface area contributed by atoms with E-state index in [9.17, 15) is 14.4 Å². The van der Waals surface area contributed by atoms with Crippen LogP contribution in [0.1, 0.15) is 22.1 Å². The number of esters is 1. The van der Waals surface area contributed by atoms with Crippen LogP contribution in [-0.2, 0) is 25.5 Å². The molecule has 0 radical (unpaired) electrons. The van der Waals surface area contributed by atoms with Gasteiger partial charge in [0.15, 0.2) is 12.1 Å². The summed E-state index contributed by atoms with van der Waals surface area (Å²) in [6.45, 7) is 0. The van der Waals surface area contributed by atoms with E-state index >= 15 is 0 Å². The molecular weight excluding hydrogens is 728 g/mol. The fourth-order valence-electron chi connectivity index (χ4n) is 7.43. The first-order valence-corrected chi connectivity index (χ1v) is 21.7. The second-order valence-corrected chi connectivity index (χ2v) is 18.8. The number of thiophene rings is 1. The third-order valence-corrected chi connectivity index (χ3v) is 16.4. The van der Waals surface area contributed by atoms with Crippen molar-refractivity contribution in [2.75, 3.05) is 6.16 Å². The molecule has 6 aromatic rings. The minimum absolute atomic E-state index is 0.194. The van der Waals surface area contributed by atoms with Crippen LogP contribution >= 0.6 is 30.4 Å². The average Bonchev–Trinajstić information content (AvgIpc) is 3.75. The molecule has 3 heterocycles. The van der Waals surface area contributed by atoms with Crippen molar-refractivity contribution in [2.45, 2.75) is 30.0 Å². The molecule has 268 valence electrons. The Hall–Kier alpha value is -5.27. The third kappa shape index (κ3) is 7.05. The highest BCUT2D eigenvalue weighted by molar-refractivity contribution is 8.03. The molecule has 2 aliphatic rings. The maximum atomic E-state index is 15.0.